The van der Waals surface area contributed by atoms with E-state index in [2.05, 4.69) is 4.98 Å². The first-order valence-electron chi connectivity index (χ1n) is 11.3. The standard InChI is InChI=1S/C23H30ClN2O9P/c1-14(2)33-20(29)15(3)13-36(31,35-16-8-6-5-7-9-16)32-12-17-19(28)23(4,24)21(34-17)26-11-10-18(27)25-22(26)30/h5-11,14-15,17,19,21,28H,12-13H2,1-4H3,(H,25,27,30)/t15-,17+,19+,21+,23+,36?/m0/s1. The highest BCUT2D eigenvalue weighted by molar-refractivity contribution is 7.54. The van der Waals surface area contributed by atoms with Crippen molar-refractivity contribution in [2.75, 3.05) is 12.8 Å². The first-order chi connectivity index (χ1) is 16.8. The van der Waals surface area contributed by atoms with Gasteiger partial charge in [-0.3, -0.25) is 23.7 Å². The lowest BCUT2D eigenvalue weighted by Crippen LogP contribution is -2.43. The molecule has 1 aliphatic rings. The summed E-state index contributed by atoms with van der Waals surface area (Å²) in [4.78, 5) is 36.6. The van der Waals surface area contributed by atoms with Crippen molar-refractivity contribution in [1.82, 2.24) is 9.55 Å². The quantitative estimate of drug-likeness (QED) is 0.262. The van der Waals surface area contributed by atoms with E-state index in [4.69, 9.17) is 30.1 Å². The third-order valence-corrected chi connectivity index (χ3v) is 7.93. The molecule has 6 atom stereocenters. The van der Waals surface area contributed by atoms with Gasteiger partial charge in [0.1, 0.15) is 22.8 Å². The number of carbonyl (C=O) groups excluding carboxylic acids is 1. The Bertz CT molecular complexity index is 1210. The van der Waals surface area contributed by atoms with Crippen LogP contribution >= 0.6 is 19.2 Å². The van der Waals surface area contributed by atoms with Crippen LogP contribution in [-0.2, 0) is 23.4 Å². The summed E-state index contributed by atoms with van der Waals surface area (Å²) in [6.45, 7) is 5.99. The maximum Gasteiger partial charge on any atom is 0.380 e. The highest BCUT2D eigenvalue weighted by Crippen LogP contribution is 2.51. The van der Waals surface area contributed by atoms with E-state index < -0.39 is 60.6 Å². The molecule has 0 aliphatic carbocycles. The molecular weight excluding hydrogens is 515 g/mol. The van der Waals surface area contributed by atoms with Gasteiger partial charge in [0.15, 0.2) is 6.23 Å². The number of aromatic amines is 1. The molecule has 2 heterocycles. The fourth-order valence-electron chi connectivity index (χ4n) is 3.67. The number of nitrogens with zero attached hydrogens (tertiary/aromatic N) is 1. The minimum Gasteiger partial charge on any atom is -0.463 e. The van der Waals surface area contributed by atoms with Crippen LogP contribution in [0.15, 0.2) is 52.2 Å². The second-order valence-corrected chi connectivity index (χ2v) is 11.9. The van der Waals surface area contributed by atoms with Crippen LogP contribution in [0.1, 0.15) is 33.9 Å². The number of benzene rings is 1. The molecule has 11 nitrogen and oxygen atoms in total. The number of carbonyl (C=O) groups is 1. The van der Waals surface area contributed by atoms with Gasteiger partial charge in [-0.1, -0.05) is 25.1 Å². The predicted molar refractivity (Wildman–Crippen MR) is 131 cm³/mol. The summed E-state index contributed by atoms with van der Waals surface area (Å²) < 4.78 is 37.1. The van der Waals surface area contributed by atoms with Gasteiger partial charge in [-0.05, 0) is 32.9 Å². The van der Waals surface area contributed by atoms with E-state index in [1.54, 1.807) is 51.1 Å². The Morgan fingerprint density at radius 1 is 1.25 bits per heavy atom. The van der Waals surface area contributed by atoms with Gasteiger partial charge < -0.3 is 19.1 Å². The molecule has 3 rings (SSSR count). The molecule has 1 unspecified atom stereocenters. The van der Waals surface area contributed by atoms with Crippen LogP contribution in [0.25, 0.3) is 0 Å². The van der Waals surface area contributed by atoms with Crippen LogP contribution in [-0.4, -0.2) is 56.6 Å². The number of nitrogens with one attached hydrogen (secondary N) is 1. The van der Waals surface area contributed by atoms with Crippen LogP contribution in [0.4, 0.5) is 0 Å². The highest BCUT2D eigenvalue weighted by atomic mass is 35.5. The number of rotatable bonds is 10. The van der Waals surface area contributed by atoms with E-state index in [-0.39, 0.29) is 18.0 Å². The Morgan fingerprint density at radius 3 is 2.53 bits per heavy atom. The molecule has 36 heavy (non-hydrogen) atoms. The summed E-state index contributed by atoms with van der Waals surface area (Å²) in [5.74, 6) is -1.12. The number of aromatic nitrogens is 2. The van der Waals surface area contributed by atoms with Crippen molar-refractivity contribution in [3.05, 3.63) is 63.4 Å². The van der Waals surface area contributed by atoms with Crippen molar-refractivity contribution in [2.24, 2.45) is 5.92 Å². The number of hydrogen-bond donors (Lipinski definition) is 2. The molecule has 0 spiro atoms. The Balaban J connectivity index is 1.80. The monoisotopic (exact) mass is 544 g/mol. The molecule has 1 aliphatic heterocycles. The van der Waals surface area contributed by atoms with E-state index in [9.17, 15) is 24.1 Å². The number of hydrogen-bond acceptors (Lipinski definition) is 9. The number of aliphatic hydroxyl groups is 1. The van der Waals surface area contributed by atoms with Crippen molar-refractivity contribution < 1.29 is 33.0 Å². The Labute approximate surface area is 212 Å². The van der Waals surface area contributed by atoms with Crippen LogP contribution in [0.3, 0.4) is 0 Å². The Kier molecular flexibility index (Phi) is 8.84. The molecule has 13 heteroatoms. The normalized spacial score (nSPS) is 26.4. The predicted octanol–water partition coefficient (Wildman–Crippen LogP) is 2.67. The SMILES string of the molecule is CC(C)OC(=O)[C@@H](C)CP(=O)(OC[C@H]1O[C@@H](n2ccc(=O)[nH]c2=O)[C@](C)(Cl)[C@@H]1O)Oc1ccccc1. The lowest BCUT2D eigenvalue weighted by atomic mass is 10.0. The molecule has 1 aromatic heterocycles. The molecule has 0 radical (unpaired) electrons. The maximum atomic E-state index is 13.7. The molecule has 2 aromatic rings. The summed E-state index contributed by atoms with van der Waals surface area (Å²) in [7, 11) is -3.97. The van der Waals surface area contributed by atoms with Crippen LogP contribution in [0.2, 0.25) is 0 Å². The summed E-state index contributed by atoms with van der Waals surface area (Å²) in [5, 5.41) is 10.8. The zero-order valence-electron chi connectivity index (χ0n) is 20.3. The number of halogens is 1. The summed E-state index contributed by atoms with van der Waals surface area (Å²) in [6, 6.07) is 9.42. The Hall–Kier alpha value is -2.43. The molecule has 1 fully saturated rings. The largest absolute Gasteiger partial charge is 0.463 e. The minimum atomic E-state index is -3.97. The van der Waals surface area contributed by atoms with Crippen molar-refractivity contribution in [2.45, 2.75) is 57.1 Å². The van der Waals surface area contributed by atoms with Crippen molar-refractivity contribution in [3.63, 3.8) is 0 Å². The number of esters is 1. The van der Waals surface area contributed by atoms with Crippen molar-refractivity contribution in [3.8, 4) is 5.75 Å². The van der Waals surface area contributed by atoms with Crippen molar-refractivity contribution in [1.29, 1.82) is 0 Å². The van der Waals surface area contributed by atoms with Gasteiger partial charge in [-0.15, -0.1) is 11.6 Å². The second-order valence-electron chi connectivity index (χ2n) is 9.02. The van der Waals surface area contributed by atoms with E-state index in [1.807, 2.05) is 0 Å². The molecule has 1 aromatic carbocycles. The van der Waals surface area contributed by atoms with Crippen molar-refractivity contribution >= 4 is 25.2 Å². The molecule has 0 amide bonds. The lowest BCUT2D eigenvalue weighted by molar-refractivity contribution is -0.151. The van der Waals surface area contributed by atoms with E-state index in [0.29, 0.717) is 0 Å². The van der Waals surface area contributed by atoms with Gasteiger partial charge in [0, 0.05) is 12.3 Å². The molecule has 2 N–H and O–H groups in total. The van der Waals surface area contributed by atoms with Gasteiger partial charge in [0.25, 0.3) is 5.56 Å². The number of para-hydroxylation sites is 1. The maximum absolute atomic E-state index is 13.7. The fourth-order valence-corrected chi connectivity index (χ4v) is 5.83. The molecular formula is C23H30ClN2O9P. The molecule has 0 saturated carbocycles. The van der Waals surface area contributed by atoms with Gasteiger partial charge in [0.2, 0.25) is 0 Å². The smallest absolute Gasteiger partial charge is 0.380 e. The Morgan fingerprint density at radius 2 is 1.92 bits per heavy atom. The number of alkyl halides is 1. The van der Waals surface area contributed by atoms with E-state index in [0.717, 1.165) is 10.6 Å². The van der Waals surface area contributed by atoms with Crippen LogP contribution in [0, 0.1) is 5.92 Å². The van der Waals surface area contributed by atoms with E-state index in [1.165, 1.54) is 13.1 Å². The van der Waals surface area contributed by atoms with Crippen LogP contribution < -0.4 is 15.8 Å². The third kappa shape index (κ3) is 6.66. The number of ether oxygens (including phenoxy) is 2. The average molecular weight is 545 g/mol. The molecule has 198 valence electrons. The summed E-state index contributed by atoms with van der Waals surface area (Å²) in [6.07, 6.45) is -3.07. The van der Waals surface area contributed by atoms with Gasteiger partial charge >= 0.3 is 19.3 Å². The van der Waals surface area contributed by atoms with Crippen LogP contribution in [0.5, 0.6) is 5.75 Å². The fraction of sp³-hybridized carbons (Fsp3) is 0.522. The topological polar surface area (TPSA) is 146 Å². The second kappa shape index (κ2) is 11.3. The number of H-pyrrole nitrogens is 1. The highest BCUT2D eigenvalue weighted by Gasteiger charge is 2.54. The molecule has 0 bridgehead atoms. The average Bonchev–Trinajstić information content (AvgIpc) is 3.01. The van der Waals surface area contributed by atoms with Gasteiger partial charge in [-0.2, -0.15) is 0 Å². The van der Waals surface area contributed by atoms with Gasteiger partial charge in [-0.25, -0.2) is 9.36 Å². The lowest BCUT2D eigenvalue weighted by Gasteiger charge is -2.26. The first-order valence-corrected chi connectivity index (χ1v) is 13.5. The zero-order chi connectivity index (χ0) is 26.7. The first kappa shape index (κ1) is 28.1. The third-order valence-electron chi connectivity index (χ3n) is 5.50. The summed E-state index contributed by atoms with van der Waals surface area (Å²) in [5.41, 5.74) is -1.38. The summed E-state index contributed by atoms with van der Waals surface area (Å²) >= 11 is 6.54. The zero-order valence-corrected chi connectivity index (χ0v) is 22.0. The minimum absolute atomic E-state index is 0.262. The molecule has 1 saturated heterocycles. The van der Waals surface area contributed by atoms with Gasteiger partial charge in [0.05, 0.1) is 24.8 Å². The van der Waals surface area contributed by atoms with E-state index >= 15 is 0 Å². The number of aliphatic hydroxyl groups excluding tert-OH is 1.